The number of rotatable bonds is 8. The minimum atomic E-state index is -0.0418. The molecule has 96 valence electrons. The lowest BCUT2D eigenvalue weighted by Crippen LogP contribution is -2.42. The van der Waals surface area contributed by atoms with Gasteiger partial charge in [0.25, 0.3) is 0 Å². The molecular formula is C12H25NO3. The number of hydrogen-bond acceptors (Lipinski definition) is 3. The second kappa shape index (κ2) is 8.53. The summed E-state index contributed by atoms with van der Waals surface area (Å²) in [5.41, 5.74) is 0. The number of carbonyl (C=O) groups is 1. The van der Waals surface area contributed by atoms with Crippen LogP contribution in [0.5, 0.6) is 0 Å². The first kappa shape index (κ1) is 15.4. The summed E-state index contributed by atoms with van der Waals surface area (Å²) in [6.07, 6.45) is 1.34. The Balaban J connectivity index is 4.07. The van der Waals surface area contributed by atoms with Crippen LogP contribution in [0.25, 0.3) is 0 Å². The molecule has 0 aliphatic heterocycles. The van der Waals surface area contributed by atoms with Crippen LogP contribution in [0.3, 0.4) is 0 Å². The molecule has 0 saturated carbocycles. The van der Waals surface area contributed by atoms with Crippen molar-refractivity contribution in [3.05, 3.63) is 0 Å². The summed E-state index contributed by atoms with van der Waals surface area (Å²) in [6, 6.07) is 0.0579. The van der Waals surface area contributed by atoms with Crippen LogP contribution in [-0.4, -0.2) is 37.4 Å². The van der Waals surface area contributed by atoms with Crippen LogP contribution >= 0.6 is 0 Å². The van der Waals surface area contributed by atoms with E-state index in [1.54, 1.807) is 7.11 Å². The second-order valence-electron chi connectivity index (χ2n) is 4.55. The van der Waals surface area contributed by atoms with E-state index in [0.717, 1.165) is 6.42 Å². The fourth-order valence-corrected chi connectivity index (χ4v) is 1.46. The summed E-state index contributed by atoms with van der Waals surface area (Å²) in [5, 5.41) is 11.9. The topological polar surface area (TPSA) is 58.6 Å². The molecule has 0 fully saturated rings. The van der Waals surface area contributed by atoms with Crippen molar-refractivity contribution < 1.29 is 14.6 Å². The Morgan fingerprint density at radius 3 is 2.38 bits per heavy atom. The van der Waals surface area contributed by atoms with Crippen molar-refractivity contribution in [3.63, 3.8) is 0 Å². The molecule has 0 bridgehead atoms. The lowest BCUT2D eigenvalue weighted by Gasteiger charge is -2.23. The molecule has 4 heteroatoms. The van der Waals surface area contributed by atoms with E-state index in [4.69, 9.17) is 9.84 Å². The molecule has 2 atom stereocenters. The van der Waals surface area contributed by atoms with Gasteiger partial charge in [-0.05, 0) is 18.8 Å². The highest BCUT2D eigenvalue weighted by Crippen LogP contribution is 2.08. The zero-order valence-electron chi connectivity index (χ0n) is 10.8. The molecule has 16 heavy (non-hydrogen) atoms. The zero-order valence-corrected chi connectivity index (χ0v) is 10.8. The Kier molecular flexibility index (Phi) is 8.21. The molecule has 0 aliphatic rings. The first-order valence-corrected chi connectivity index (χ1v) is 5.93. The highest BCUT2D eigenvalue weighted by atomic mass is 16.5. The highest BCUT2D eigenvalue weighted by Gasteiger charge is 2.19. The maximum absolute atomic E-state index is 11.8. The van der Waals surface area contributed by atoms with Crippen molar-refractivity contribution >= 4 is 5.91 Å². The van der Waals surface area contributed by atoms with Gasteiger partial charge in [0.1, 0.15) is 0 Å². The third-order valence-corrected chi connectivity index (χ3v) is 2.78. The quantitative estimate of drug-likeness (QED) is 0.659. The summed E-state index contributed by atoms with van der Waals surface area (Å²) >= 11 is 0. The van der Waals surface area contributed by atoms with Gasteiger partial charge in [0.2, 0.25) is 5.91 Å². The number of aliphatic hydroxyl groups excluding tert-OH is 1. The Hall–Kier alpha value is -0.610. The van der Waals surface area contributed by atoms with Crippen molar-refractivity contribution in [2.75, 3.05) is 20.3 Å². The maximum Gasteiger partial charge on any atom is 0.223 e. The van der Waals surface area contributed by atoms with E-state index in [-0.39, 0.29) is 24.5 Å². The fourth-order valence-electron chi connectivity index (χ4n) is 1.46. The number of ether oxygens (including phenoxy) is 1. The van der Waals surface area contributed by atoms with Gasteiger partial charge < -0.3 is 15.2 Å². The van der Waals surface area contributed by atoms with Gasteiger partial charge in [0.15, 0.2) is 0 Å². The van der Waals surface area contributed by atoms with E-state index in [1.807, 2.05) is 20.8 Å². The molecule has 0 aromatic heterocycles. The number of methoxy groups -OCH3 is 1. The Bertz CT molecular complexity index is 195. The number of hydrogen-bond donors (Lipinski definition) is 2. The van der Waals surface area contributed by atoms with Gasteiger partial charge in [0, 0.05) is 32.3 Å². The average molecular weight is 231 g/mol. The number of nitrogens with one attached hydrogen (secondary N) is 1. The van der Waals surface area contributed by atoms with E-state index in [9.17, 15) is 4.79 Å². The highest BCUT2D eigenvalue weighted by molar-refractivity contribution is 5.78. The van der Waals surface area contributed by atoms with E-state index >= 15 is 0 Å². The summed E-state index contributed by atoms with van der Waals surface area (Å²) < 4.78 is 4.94. The van der Waals surface area contributed by atoms with E-state index in [2.05, 4.69) is 5.32 Å². The third kappa shape index (κ3) is 6.08. The van der Waals surface area contributed by atoms with Crippen LogP contribution in [-0.2, 0) is 9.53 Å². The number of aliphatic hydroxyl groups is 1. The van der Waals surface area contributed by atoms with E-state index < -0.39 is 0 Å². The van der Waals surface area contributed by atoms with Crippen LogP contribution < -0.4 is 5.32 Å². The zero-order chi connectivity index (χ0) is 12.6. The van der Waals surface area contributed by atoms with Crippen LogP contribution in [0.4, 0.5) is 0 Å². The lowest BCUT2D eigenvalue weighted by molar-refractivity contribution is -0.126. The van der Waals surface area contributed by atoms with E-state index in [0.29, 0.717) is 18.9 Å². The van der Waals surface area contributed by atoms with Gasteiger partial charge in [-0.2, -0.15) is 0 Å². The minimum absolute atomic E-state index is 0.0418. The molecule has 0 saturated heterocycles. The van der Waals surface area contributed by atoms with Crippen LogP contribution in [0.15, 0.2) is 0 Å². The predicted octanol–water partition coefficient (Wildman–Crippen LogP) is 1.18. The van der Waals surface area contributed by atoms with Gasteiger partial charge in [0.05, 0.1) is 0 Å². The van der Waals surface area contributed by atoms with Crippen LogP contribution in [0.1, 0.15) is 33.6 Å². The van der Waals surface area contributed by atoms with Crippen LogP contribution in [0.2, 0.25) is 0 Å². The number of amides is 1. The Labute approximate surface area is 98.4 Å². The molecule has 0 aliphatic carbocycles. The van der Waals surface area contributed by atoms with Gasteiger partial charge in [-0.3, -0.25) is 4.79 Å². The SMILES string of the molecule is COCCC(C)C(=O)NC(CCO)C(C)C. The lowest BCUT2D eigenvalue weighted by atomic mass is 9.99. The third-order valence-electron chi connectivity index (χ3n) is 2.78. The molecule has 2 unspecified atom stereocenters. The summed E-state index contributed by atoms with van der Waals surface area (Å²) in [6.45, 7) is 6.68. The normalized spacial score (nSPS) is 14.9. The predicted molar refractivity (Wildman–Crippen MR) is 64.1 cm³/mol. The van der Waals surface area contributed by atoms with Crippen molar-refractivity contribution in [2.45, 2.75) is 39.7 Å². The summed E-state index contributed by atoms with van der Waals surface area (Å²) in [7, 11) is 1.63. The smallest absolute Gasteiger partial charge is 0.223 e. The first-order chi connectivity index (χ1) is 7.52. The fraction of sp³-hybridized carbons (Fsp3) is 0.917. The van der Waals surface area contributed by atoms with E-state index in [1.165, 1.54) is 0 Å². The molecule has 0 spiro atoms. The Morgan fingerprint density at radius 1 is 1.31 bits per heavy atom. The van der Waals surface area contributed by atoms with Gasteiger partial charge in [-0.15, -0.1) is 0 Å². The number of carbonyl (C=O) groups excluding carboxylic acids is 1. The average Bonchev–Trinajstić information content (AvgIpc) is 2.24. The standard InChI is InChI=1S/C12H25NO3/c1-9(2)11(5-7-14)13-12(15)10(3)6-8-16-4/h9-11,14H,5-8H2,1-4H3,(H,13,15). The molecule has 2 N–H and O–H groups in total. The summed E-state index contributed by atoms with van der Waals surface area (Å²) in [4.78, 5) is 11.8. The monoisotopic (exact) mass is 231 g/mol. The van der Waals surface area contributed by atoms with Crippen molar-refractivity contribution in [1.82, 2.24) is 5.32 Å². The van der Waals surface area contributed by atoms with Gasteiger partial charge in [-0.25, -0.2) is 0 Å². The molecule has 0 aromatic rings. The molecular weight excluding hydrogens is 206 g/mol. The first-order valence-electron chi connectivity index (χ1n) is 5.93. The van der Waals surface area contributed by atoms with Gasteiger partial charge in [-0.1, -0.05) is 20.8 Å². The summed E-state index contributed by atoms with van der Waals surface area (Å²) in [5.74, 6) is 0.342. The minimum Gasteiger partial charge on any atom is -0.396 e. The molecule has 0 radical (unpaired) electrons. The molecule has 1 amide bonds. The molecule has 0 heterocycles. The van der Waals surface area contributed by atoms with Crippen LogP contribution in [0, 0.1) is 11.8 Å². The molecule has 0 aromatic carbocycles. The van der Waals surface area contributed by atoms with Crippen molar-refractivity contribution in [1.29, 1.82) is 0 Å². The van der Waals surface area contributed by atoms with Crippen molar-refractivity contribution in [3.8, 4) is 0 Å². The molecule has 4 nitrogen and oxygen atoms in total. The largest absolute Gasteiger partial charge is 0.396 e. The second-order valence-corrected chi connectivity index (χ2v) is 4.55. The van der Waals surface area contributed by atoms with Crippen molar-refractivity contribution in [2.24, 2.45) is 11.8 Å². The molecule has 0 rings (SSSR count). The maximum atomic E-state index is 11.8. The van der Waals surface area contributed by atoms with Gasteiger partial charge >= 0.3 is 0 Å². The Morgan fingerprint density at radius 2 is 1.94 bits per heavy atom.